The molecule has 0 aromatic carbocycles. The van der Waals surface area contributed by atoms with Gasteiger partial charge in [0, 0.05) is 11.8 Å². The lowest BCUT2D eigenvalue weighted by Gasteiger charge is -1.94. The number of methoxy groups -OCH3 is 1. The van der Waals surface area contributed by atoms with Crippen LogP contribution in [0, 0.1) is 0 Å². The summed E-state index contributed by atoms with van der Waals surface area (Å²) in [6.45, 7) is 1.56. The molecule has 0 aromatic heterocycles. The van der Waals surface area contributed by atoms with Gasteiger partial charge in [-0.2, -0.15) is 0 Å². The zero-order valence-corrected chi connectivity index (χ0v) is 5.80. The van der Waals surface area contributed by atoms with Crippen LogP contribution in [0.25, 0.3) is 0 Å². The molecule has 55 valence electrons. The average Bonchev–Trinajstić information content (AvgIpc) is 1.88. The fourth-order valence-electron chi connectivity index (χ4n) is 0.352. The van der Waals surface area contributed by atoms with E-state index in [1.54, 1.807) is 6.92 Å². The van der Waals surface area contributed by atoms with Crippen molar-refractivity contribution in [1.82, 2.24) is 5.32 Å². The number of allylic oxidation sites excluding steroid dienone is 1. The third-order valence-electron chi connectivity index (χ3n) is 0.784. The molecule has 0 rings (SSSR count). The monoisotopic (exact) mass is 142 g/mol. The van der Waals surface area contributed by atoms with Gasteiger partial charge in [0.15, 0.2) is 0 Å². The van der Waals surface area contributed by atoms with Gasteiger partial charge in [0.05, 0.1) is 7.11 Å². The molecule has 4 heteroatoms. The molecule has 1 N–H and O–H groups in total. The van der Waals surface area contributed by atoms with Crippen LogP contribution in [-0.2, 0) is 14.3 Å². The number of hydrogen-bond acceptors (Lipinski definition) is 3. The number of ether oxygens (including phenoxy) is 1. The number of rotatable bonds is 3. The predicted octanol–water partition coefficient (Wildman–Crippen LogP) is -0.280. The fourth-order valence-corrected chi connectivity index (χ4v) is 0.352. The van der Waals surface area contributed by atoms with E-state index < -0.39 is 5.97 Å². The molecule has 0 aliphatic heterocycles. The van der Waals surface area contributed by atoms with E-state index in [1.807, 2.05) is 0 Å². The van der Waals surface area contributed by atoms with E-state index in [4.69, 9.17) is 0 Å². The number of amides is 1. The summed E-state index contributed by atoms with van der Waals surface area (Å²) in [7, 11) is 1.26. The van der Waals surface area contributed by atoms with Crippen molar-refractivity contribution >= 4 is 12.4 Å². The maximum Gasteiger partial charge on any atom is 0.332 e. The van der Waals surface area contributed by atoms with Crippen LogP contribution >= 0.6 is 0 Å². The maximum atomic E-state index is 10.4. The Morgan fingerprint density at radius 1 is 1.70 bits per heavy atom. The Labute approximate surface area is 58.9 Å². The lowest BCUT2D eigenvalue weighted by molar-refractivity contribution is -0.134. The molecule has 0 spiro atoms. The highest BCUT2D eigenvalue weighted by Crippen LogP contribution is 1.85. The Morgan fingerprint density at radius 2 is 2.30 bits per heavy atom. The third kappa shape index (κ3) is 3.65. The number of carbonyl (C=O) groups excluding carboxylic acids is 2. The van der Waals surface area contributed by atoms with Gasteiger partial charge in [-0.25, -0.2) is 4.79 Å². The van der Waals surface area contributed by atoms with Gasteiger partial charge in [-0.05, 0) is 6.92 Å². The average molecular weight is 142 g/mol. The van der Waals surface area contributed by atoms with Gasteiger partial charge >= 0.3 is 12.4 Å². The van der Waals surface area contributed by atoms with Crippen LogP contribution in [0.5, 0.6) is 0 Å². The van der Waals surface area contributed by atoms with Crippen molar-refractivity contribution in [3.63, 3.8) is 0 Å². The zero-order valence-electron chi connectivity index (χ0n) is 5.80. The Hall–Kier alpha value is -1.32. The predicted molar refractivity (Wildman–Crippen MR) is 34.6 cm³/mol. The molecule has 0 bridgehead atoms. The largest absolute Gasteiger partial charge is 0.466 e. The van der Waals surface area contributed by atoms with Gasteiger partial charge < -0.3 is 10.1 Å². The lowest BCUT2D eigenvalue weighted by atomic mass is 10.4. The number of carbonyl (C=O) groups is 1. The smallest absolute Gasteiger partial charge is 0.332 e. The van der Waals surface area contributed by atoms with Crippen LogP contribution in [0.1, 0.15) is 6.92 Å². The van der Waals surface area contributed by atoms with E-state index >= 15 is 0 Å². The van der Waals surface area contributed by atoms with Gasteiger partial charge in [0.25, 0.3) is 0 Å². The van der Waals surface area contributed by atoms with Gasteiger partial charge in [0.2, 0.25) is 0 Å². The maximum absolute atomic E-state index is 10.4. The molecule has 0 heterocycles. The highest BCUT2D eigenvalue weighted by Gasteiger charge is 1.93. The van der Waals surface area contributed by atoms with E-state index in [1.165, 1.54) is 13.5 Å². The lowest BCUT2D eigenvalue weighted by Crippen LogP contribution is -2.09. The van der Waals surface area contributed by atoms with Crippen molar-refractivity contribution in [2.45, 2.75) is 6.92 Å². The molecular formula is C6H8NO3. The fraction of sp³-hybridized carbons (Fsp3) is 0.333. The van der Waals surface area contributed by atoms with E-state index in [-0.39, 0.29) is 0 Å². The molecule has 0 aliphatic rings. The van der Waals surface area contributed by atoms with E-state index in [0.29, 0.717) is 5.70 Å². The highest BCUT2D eigenvalue weighted by atomic mass is 16.5. The first-order chi connectivity index (χ1) is 4.70. The molecule has 10 heavy (non-hydrogen) atoms. The van der Waals surface area contributed by atoms with Crippen LogP contribution in [0.2, 0.25) is 0 Å². The van der Waals surface area contributed by atoms with Crippen LogP contribution in [0.3, 0.4) is 0 Å². The number of hydrogen-bond donors (Lipinski definition) is 1. The summed E-state index contributed by atoms with van der Waals surface area (Å²) in [6.07, 6.45) is 2.58. The minimum Gasteiger partial charge on any atom is -0.466 e. The summed E-state index contributed by atoms with van der Waals surface area (Å²) in [4.78, 5) is 20.1. The second kappa shape index (κ2) is 4.55. The van der Waals surface area contributed by atoms with Gasteiger partial charge in [-0.3, -0.25) is 4.79 Å². The molecule has 4 nitrogen and oxygen atoms in total. The van der Waals surface area contributed by atoms with E-state index in [9.17, 15) is 9.59 Å². The summed E-state index contributed by atoms with van der Waals surface area (Å²) in [5.41, 5.74) is 0.404. The van der Waals surface area contributed by atoms with Crippen molar-refractivity contribution in [3.8, 4) is 0 Å². The Kier molecular flexibility index (Phi) is 3.95. The number of nitrogens with one attached hydrogen (secondary N) is 1. The Balaban J connectivity index is 3.88. The first kappa shape index (κ1) is 8.68. The third-order valence-corrected chi connectivity index (χ3v) is 0.784. The van der Waals surface area contributed by atoms with Crippen LogP contribution in [-0.4, -0.2) is 19.5 Å². The van der Waals surface area contributed by atoms with Crippen molar-refractivity contribution in [2.75, 3.05) is 7.11 Å². The van der Waals surface area contributed by atoms with Crippen LogP contribution in [0.4, 0.5) is 0 Å². The molecule has 0 saturated heterocycles. The van der Waals surface area contributed by atoms with E-state index in [2.05, 4.69) is 10.1 Å². The minimum atomic E-state index is -0.500. The molecule has 0 saturated carbocycles. The van der Waals surface area contributed by atoms with Gasteiger partial charge in [-0.1, -0.05) is 0 Å². The summed E-state index contributed by atoms with van der Waals surface area (Å²) in [6, 6.07) is 0. The summed E-state index contributed by atoms with van der Waals surface area (Å²) in [5.74, 6) is -0.500. The first-order valence-corrected chi connectivity index (χ1v) is 2.60. The van der Waals surface area contributed by atoms with Crippen LogP contribution in [0.15, 0.2) is 11.8 Å². The van der Waals surface area contributed by atoms with Crippen molar-refractivity contribution in [2.24, 2.45) is 0 Å². The van der Waals surface area contributed by atoms with Gasteiger partial charge in [-0.15, -0.1) is 0 Å². The molecule has 1 radical (unpaired) electrons. The first-order valence-electron chi connectivity index (χ1n) is 2.60. The van der Waals surface area contributed by atoms with E-state index in [0.717, 1.165) is 6.08 Å². The molecule has 0 aliphatic carbocycles. The molecule has 1 amide bonds. The normalized spacial score (nSPS) is 10.4. The molecule has 0 unspecified atom stereocenters. The summed E-state index contributed by atoms with van der Waals surface area (Å²) in [5, 5.41) is 2.17. The van der Waals surface area contributed by atoms with Crippen molar-refractivity contribution in [3.05, 3.63) is 11.8 Å². The SMILES string of the molecule is COC(=O)C=C(C)N[C]=O. The second-order valence-corrected chi connectivity index (χ2v) is 1.58. The minimum absolute atomic E-state index is 0.404. The second-order valence-electron chi connectivity index (χ2n) is 1.58. The Morgan fingerprint density at radius 3 is 2.70 bits per heavy atom. The Bertz CT molecular complexity index is 162. The van der Waals surface area contributed by atoms with Gasteiger partial charge in [0.1, 0.15) is 0 Å². The standard InChI is InChI=1S/C6H8NO3/c1-5(7-4-8)3-6(9)10-2/h3H,1-2H3,(H,7,8). The quantitative estimate of drug-likeness (QED) is 0.335. The summed E-state index contributed by atoms with van der Waals surface area (Å²) >= 11 is 0. The topological polar surface area (TPSA) is 55.4 Å². The molecule has 0 aromatic rings. The molecule has 0 fully saturated rings. The van der Waals surface area contributed by atoms with Crippen molar-refractivity contribution in [1.29, 1.82) is 0 Å². The molecule has 0 atom stereocenters. The number of esters is 1. The van der Waals surface area contributed by atoms with Crippen LogP contribution < -0.4 is 5.32 Å². The highest BCUT2D eigenvalue weighted by molar-refractivity contribution is 5.82. The molecular weight excluding hydrogens is 134 g/mol. The summed E-state index contributed by atoms with van der Waals surface area (Å²) < 4.78 is 4.28. The zero-order chi connectivity index (χ0) is 7.98. The van der Waals surface area contributed by atoms with Crippen molar-refractivity contribution < 1.29 is 14.3 Å².